The predicted molar refractivity (Wildman–Crippen MR) is 43.0 cm³/mol. The van der Waals surface area contributed by atoms with E-state index in [2.05, 4.69) is 4.74 Å². The summed E-state index contributed by atoms with van der Waals surface area (Å²) in [5.41, 5.74) is 0. The standard InChI is InChI=1S/C7H16O6/c1-13-7(5(11)3-9)6(12)4(10)2-8/h4-12H,2-3H2,1H3/t4-,5-,6-,7-/m0/s1. The monoisotopic (exact) mass is 196 g/mol. The lowest BCUT2D eigenvalue weighted by Crippen LogP contribution is -2.48. The molecule has 0 fully saturated rings. The van der Waals surface area contributed by atoms with Crippen LogP contribution in [0, 0.1) is 0 Å². The summed E-state index contributed by atoms with van der Waals surface area (Å²) in [6.07, 6.45) is -5.24. The van der Waals surface area contributed by atoms with E-state index < -0.39 is 37.6 Å². The molecule has 0 radical (unpaired) electrons. The molecule has 0 saturated heterocycles. The van der Waals surface area contributed by atoms with Crippen molar-refractivity contribution >= 4 is 0 Å². The van der Waals surface area contributed by atoms with Gasteiger partial charge in [0, 0.05) is 7.11 Å². The van der Waals surface area contributed by atoms with E-state index in [1.165, 1.54) is 7.11 Å². The lowest BCUT2D eigenvalue weighted by atomic mass is 10.0. The molecule has 0 rings (SSSR count). The number of aliphatic hydroxyl groups excluding tert-OH is 5. The van der Waals surface area contributed by atoms with Crippen LogP contribution in [0.2, 0.25) is 0 Å². The lowest BCUT2D eigenvalue weighted by molar-refractivity contribution is -0.137. The van der Waals surface area contributed by atoms with Crippen molar-refractivity contribution in [3.8, 4) is 0 Å². The minimum Gasteiger partial charge on any atom is -0.394 e. The Morgan fingerprint density at radius 1 is 1.00 bits per heavy atom. The lowest BCUT2D eigenvalue weighted by Gasteiger charge is -2.27. The van der Waals surface area contributed by atoms with Crippen LogP contribution in [0.25, 0.3) is 0 Å². The van der Waals surface area contributed by atoms with E-state index in [9.17, 15) is 5.11 Å². The highest BCUT2D eigenvalue weighted by Gasteiger charge is 2.31. The summed E-state index contributed by atoms with van der Waals surface area (Å²) in [5, 5.41) is 44.4. The van der Waals surface area contributed by atoms with E-state index in [0.717, 1.165) is 0 Å². The second-order valence-electron chi connectivity index (χ2n) is 2.69. The summed E-state index contributed by atoms with van der Waals surface area (Å²) in [6.45, 7) is -1.23. The first-order valence-corrected chi connectivity index (χ1v) is 3.87. The van der Waals surface area contributed by atoms with Crippen molar-refractivity contribution in [2.45, 2.75) is 24.4 Å². The van der Waals surface area contributed by atoms with Crippen LogP contribution in [0.5, 0.6) is 0 Å². The van der Waals surface area contributed by atoms with Crippen molar-refractivity contribution in [1.29, 1.82) is 0 Å². The fourth-order valence-corrected chi connectivity index (χ4v) is 0.955. The van der Waals surface area contributed by atoms with E-state index in [1.54, 1.807) is 0 Å². The van der Waals surface area contributed by atoms with Crippen LogP contribution in [0.4, 0.5) is 0 Å². The van der Waals surface area contributed by atoms with Crippen LogP contribution in [0.1, 0.15) is 0 Å². The molecule has 0 aliphatic rings. The molecule has 5 N–H and O–H groups in total. The zero-order chi connectivity index (χ0) is 10.4. The second-order valence-corrected chi connectivity index (χ2v) is 2.69. The molecule has 0 unspecified atom stereocenters. The molecule has 0 aliphatic carbocycles. The van der Waals surface area contributed by atoms with Gasteiger partial charge >= 0.3 is 0 Å². The predicted octanol–water partition coefficient (Wildman–Crippen LogP) is -2.93. The summed E-state index contributed by atoms with van der Waals surface area (Å²) in [5.74, 6) is 0. The molecule has 0 aromatic rings. The van der Waals surface area contributed by atoms with Crippen LogP contribution in [0.3, 0.4) is 0 Å². The highest BCUT2D eigenvalue weighted by Crippen LogP contribution is 2.08. The van der Waals surface area contributed by atoms with Crippen molar-refractivity contribution in [3.63, 3.8) is 0 Å². The molecular formula is C7H16O6. The molecule has 13 heavy (non-hydrogen) atoms. The van der Waals surface area contributed by atoms with Crippen molar-refractivity contribution in [2.75, 3.05) is 20.3 Å². The average molecular weight is 196 g/mol. The van der Waals surface area contributed by atoms with Crippen LogP contribution in [-0.4, -0.2) is 70.3 Å². The van der Waals surface area contributed by atoms with Gasteiger partial charge < -0.3 is 30.3 Å². The Balaban J connectivity index is 4.21. The average Bonchev–Trinajstić information content (AvgIpc) is 2.17. The summed E-state index contributed by atoms with van der Waals surface area (Å²) in [6, 6.07) is 0. The first-order valence-electron chi connectivity index (χ1n) is 3.87. The maximum Gasteiger partial charge on any atom is 0.114 e. The third-order valence-electron chi connectivity index (χ3n) is 1.76. The summed E-state index contributed by atoms with van der Waals surface area (Å²) < 4.78 is 4.66. The number of hydrogen-bond donors (Lipinski definition) is 5. The summed E-state index contributed by atoms with van der Waals surface area (Å²) in [4.78, 5) is 0. The van der Waals surface area contributed by atoms with Gasteiger partial charge in [-0.05, 0) is 0 Å². The third kappa shape index (κ3) is 3.55. The first kappa shape index (κ1) is 12.8. The van der Waals surface area contributed by atoms with Crippen LogP contribution in [0.15, 0.2) is 0 Å². The van der Waals surface area contributed by atoms with Crippen molar-refractivity contribution in [2.24, 2.45) is 0 Å². The maximum atomic E-state index is 9.27. The summed E-state index contributed by atoms with van der Waals surface area (Å²) in [7, 11) is 1.22. The zero-order valence-electron chi connectivity index (χ0n) is 7.37. The number of rotatable bonds is 6. The molecule has 0 heterocycles. The molecule has 0 spiro atoms. The third-order valence-corrected chi connectivity index (χ3v) is 1.76. The molecule has 4 atom stereocenters. The fourth-order valence-electron chi connectivity index (χ4n) is 0.955. The summed E-state index contributed by atoms with van der Waals surface area (Å²) >= 11 is 0. The Labute approximate surface area is 76.0 Å². The van der Waals surface area contributed by atoms with Gasteiger partial charge in [0.25, 0.3) is 0 Å². The quantitative estimate of drug-likeness (QED) is 0.311. The molecule has 80 valence electrons. The van der Waals surface area contributed by atoms with Crippen molar-refractivity contribution in [3.05, 3.63) is 0 Å². The molecule has 0 aromatic carbocycles. The normalized spacial score (nSPS) is 20.8. The number of methoxy groups -OCH3 is 1. The second kappa shape index (κ2) is 6.25. The molecule has 0 amide bonds. The Morgan fingerprint density at radius 3 is 1.77 bits per heavy atom. The highest BCUT2D eigenvalue weighted by atomic mass is 16.5. The van der Waals surface area contributed by atoms with Gasteiger partial charge in [0.2, 0.25) is 0 Å². The minimum atomic E-state index is -1.43. The van der Waals surface area contributed by atoms with E-state index in [-0.39, 0.29) is 0 Å². The topological polar surface area (TPSA) is 110 Å². The van der Waals surface area contributed by atoms with E-state index in [4.69, 9.17) is 20.4 Å². The smallest absolute Gasteiger partial charge is 0.114 e. The number of hydrogen-bond acceptors (Lipinski definition) is 6. The fraction of sp³-hybridized carbons (Fsp3) is 1.00. The van der Waals surface area contributed by atoms with Gasteiger partial charge in [0.15, 0.2) is 0 Å². The Bertz CT molecular complexity index is 130. The van der Waals surface area contributed by atoms with Gasteiger partial charge in [0.1, 0.15) is 24.4 Å². The molecular weight excluding hydrogens is 180 g/mol. The van der Waals surface area contributed by atoms with E-state index in [0.29, 0.717) is 0 Å². The Kier molecular flexibility index (Phi) is 6.13. The van der Waals surface area contributed by atoms with Gasteiger partial charge in [0.05, 0.1) is 13.2 Å². The first-order chi connectivity index (χ1) is 6.08. The Morgan fingerprint density at radius 2 is 1.46 bits per heavy atom. The van der Waals surface area contributed by atoms with Crippen molar-refractivity contribution < 1.29 is 30.3 Å². The van der Waals surface area contributed by atoms with Gasteiger partial charge in [-0.15, -0.1) is 0 Å². The maximum absolute atomic E-state index is 9.27. The molecule has 6 heteroatoms. The highest BCUT2D eigenvalue weighted by molar-refractivity contribution is 4.81. The molecule has 0 bridgehead atoms. The Hall–Kier alpha value is -0.240. The SMILES string of the molecule is CO[C@H]([C@@H](O)[C@@H](O)CO)[C@@H](O)CO. The largest absolute Gasteiger partial charge is 0.394 e. The van der Waals surface area contributed by atoms with Crippen LogP contribution < -0.4 is 0 Å². The zero-order valence-corrected chi connectivity index (χ0v) is 7.37. The number of aliphatic hydroxyl groups is 5. The van der Waals surface area contributed by atoms with Crippen molar-refractivity contribution in [1.82, 2.24) is 0 Å². The van der Waals surface area contributed by atoms with E-state index >= 15 is 0 Å². The van der Waals surface area contributed by atoms with Gasteiger partial charge in [-0.25, -0.2) is 0 Å². The van der Waals surface area contributed by atoms with E-state index in [1.807, 2.05) is 0 Å². The molecule has 0 saturated carbocycles. The van der Waals surface area contributed by atoms with Crippen LogP contribution >= 0.6 is 0 Å². The minimum absolute atomic E-state index is 0.590. The van der Waals surface area contributed by atoms with Gasteiger partial charge in [-0.3, -0.25) is 0 Å². The van der Waals surface area contributed by atoms with Gasteiger partial charge in [-0.1, -0.05) is 0 Å². The molecule has 0 aliphatic heterocycles. The van der Waals surface area contributed by atoms with Crippen LogP contribution in [-0.2, 0) is 4.74 Å². The molecule has 6 nitrogen and oxygen atoms in total. The number of ether oxygens (including phenoxy) is 1. The molecule has 0 aromatic heterocycles. The van der Waals surface area contributed by atoms with Gasteiger partial charge in [-0.2, -0.15) is 0 Å².